The molecule has 2 heteroatoms. The minimum Gasteiger partial charge on any atom is -0.388 e. The summed E-state index contributed by atoms with van der Waals surface area (Å²) in [4.78, 5) is 0. The average Bonchev–Trinajstić information content (AvgIpc) is 2.92. The summed E-state index contributed by atoms with van der Waals surface area (Å²) in [7, 11) is 0. The van der Waals surface area contributed by atoms with Gasteiger partial charge in [0.05, 0.1) is 11.6 Å². The maximum Gasteiger partial charge on any atom is 0.0842 e. The SMILES string of the molecule is CCC(C)(C)C1CCC(O)(C2NCc3ccccc32)CC1. The van der Waals surface area contributed by atoms with E-state index in [2.05, 4.69) is 50.4 Å². The maximum absolute atomic E-state index is 11.2. The average molecular weight is 287 g/mol. The third-order valence-electron chi connectivity index (χ3n) is 6.27. The summed E-state index contributed by atoms with van der Waals surface area (Å²) in [6.07, 6.45) is 5.37. The van der Waals surface area contributed by atoms with Crippen LogP contribution in [0.5, 0.6) is 0 Å². The van der Waals surface area contributed by atoms with Crippen LogP contribution in [0.2, 0.25) is 0 Å². The van der Waals surface area contributed by atoms with E-state index in [-0.39, 0.29) is 6.04 Å². The monoisotopic (exact) mass is 287 g/mol. The van der Waals surface area contributed by atoms with Gasteiger partial charge < -0.3 is 10.4 Å². The number of rotatable bonds is 3. The van der Waals surface area contributed by atoms with Crippen molar-refractivity contribution in [2.24, 2.45) is 11.3 Å². The lowest BCUT2D eigenvalue weighted by molar-refractivity contribution is -0.0544. The van der Waals surface area contributed by atoms with Crippen LogP contribution in [0.25, 0.3) is 0 Å². The molecule has 1 aromatic rings. The number of benzene rings is 1. The fourth-order valence-corrected chi connectivity index (χ4v) is 4.25. The van der Waals surface area contributed by atoms with Gasteiger partial charge >= 0.3 is 0 Å². The van der Waals surface area contributed by atoms with E-state index in [9.17, 15) is 5.11 Å². The van der Waals surface area contributed by atoms with Gasteiger partial charge in [-0.2, -0.15) is 0 Å². The van der Waals surface area contributed by atoms with Gasteiger partial charge in [-0.25, -0.2) is 0 Å². The van der Waals surface area contributed by atoms with Crippen molar-refractivity contribution >= 4 is 0 Å². The number of hydrogen-bond acceptors (Lipinski definition) is 2. The van der Waals surface area contributed by atoms with Crippen LogP contribution in [-0.4, -0.2) is 10.7 Å². The van der Waals surface area contributed by atoms with Crippen LogP contribution >= 0.6 is 0 Å². The van der Waals surface area contributed by atoms with Gasteiger partial charge in [0.15, 0.2) is 0 Å². The van der Waals surface area contributed by atoms with Crippen molar-refractivity contribution in [2.45, 2.75) is 71.1 Å². The highest BCUT2D eigenvalue weighted by Crippen LogP contribution is 2.48. The number of hydrogen-bond donors (Lipinski definition) is 2. The zero-order chi connectivity index (χ0) is 15.1. The molecule has 0 bridgehead atoms. The first-order valence-corrected chi connectivity index (χ1v) is 8.50. The zero-order valence-electron chi connectivity index (χ0n) is 13.7. The smallest absolute Gasteiger partial charge is 0.0842 e. The second-order valence-corrected chi connectivity index (χ2v) is 7.73. The molecule has 0 aromatic heterocycles. The summed E-state index contributed by atoms with van der Waals surface area (Å²) in [5.74, 6) is 0.749. The fraction of sp³-hybridized carbons (Fsp3) is 0.684. The molecule has 2 aliphatic rings. The molecule has 0 spiro atoms. The minimum absolute atomic E-state index is 0.124. The van der Waals surface area contributed by atoms with Gasteiger partial charge in [0.25, 0.3) is 0 Å². The Hall–Kier alpha value is -0.860. The molecule has 0 saturated heterocycles. The maximum atomic E-state index is 11.2. The van der Waals surface area contributed by atoms with E-state index in [1.54, 1.807) is 0 Å². The second-order valence-electron chi connectivity index (χ2n) is 7.73. The Labute approximate surface area is 129 Å². The lowest BCUT2D eigenvalue weighted by atomic mass is 9.64. The van der Waals surface area contributed by atoms with Crippen LogP contribution < -0.4 is 5.32 Å². The molecular weight excluding hydrogens is 258 g/mol. The first-order chi connectivity index (χ1) is 9.96. The summed E-state index contributed by atoms with van der Waals surface area (Å²) in [5, 5.41) is 14.8. The van der Waals surface area contributed by atoms with Gasteiger partial charge in [0, 0.05) is 6.54 Å². The van der Waals surface area contributed by atoms with E-state index in [0.29, 0.717) is 5.41 Å². The highest BCUT2D eigenvalue weighted by molar-refractivity contribution is 5.36. The van der Waals surface area contributed by atoms with E-state index in [0.717, 1.165) is 38.1 Å². The van der Waals surface area contributed by atoms with Crippen LogP contribution in [0.3, 0.4) is 0 Å². The largest absolute Gasteiger partial charge is 0.388 e. The lowest BCUT2D eigenvalue weighted by Gasteiger charge is -2.45. The highest BCUT2D eigenvalue weighted by Gasteiger charge is 2.45. The van der Waals surface area contributed by atoms with Gasteiger partial charge in [-0.15, -0.1) is 0 Å². The second kappa shape index (κ2) is 5.40. The summed E-state index contributed by atoms with van der Waals surface area (Å²) in [5.41, 5.74) is 2.51. The third kappa shape index (κ3) is 2.64. The normalized spacial score (nSPS) is 33.0. The lowest BCUT2D eigenvalue weighted by Crippen LogP contribution is -2.45. The Morgan fingerprint density at radius 2 is 1.90 bits per heavy atom. The molecule has 1 aromatic carbocycles. The Morgan fingerprint density at radius 3 is 2.57 bits per heavy atom. The third-order valence-corrected chi connectivity index (χ3v) is 6.27. The molecule has 1 fully saturated rings. The number of aliphatic hydroxyl groups is 1. The molecule has 0 radical (unpaired) electrons. The summed E-state index contributed by atoms with van der Waals surface area (Å²) in [6.45, 7) is 7.94. The Balaban J connectivity index is 1.74. The van der Waals surface area contributed by atoms with Gasteiger partial charge in [-0.05, 0) is 48.1 Å². The predicted molar refractivity (Wildman–Crippen MR) is 87.0 cm³/mol. The van der Waals surface area contributed by atoms with Crippen molar-refractivity contribution in [1.82, 2.24) is 5.32 Å². The molecule has 1 heterocycles. The first-order valence-electron chi connectivity index (χ1n) is 8.50. The van der Waals surface area contributed by atoms with Gasteiger partial charge in [0.1, 0.15) is 0 Å². The molecule has 2 N–H and O–H groups in total. The quantitative estimate of drug-likeness (QED) is 0.873. The zero-order valence-corrected chi connectivity index (χ0v) is 13.7. The summed E-state index contributed by atoms with van der Waals surface area (Å²) < 4.78 is 0. The molecule has 21 heavy (non-hydrogen) atoms. The molecule has 3 rings (SSSR count). The molecule has 1 aliphatic heterocycles. The van der Waals surface area contributed by atoms with Crippen molar-refractivity contribution in [1.29, 1.82) is 0 Å². The molecule has 1 atom stereocenters. The van der Waals surface area contributed by atoms with Crippen molar-refractivity contribution in [3.05, 3.63) is 35.4 Å². The molecule has 0 amide bonds. The minimum atomic E-state index is -0.563. The van der Waals surface area contributed by atoms with Crippen molar-refractivity contribution < 1.29 is 5.11 Å². The topological polar surface area (TPSA) is 32.3 Å². The standard InChI is InChI=1S/C19H29NO/c1-4-18(2,3)15-9-11-19(21,12-10-15)17-16-8-6-5-7-14(16)13-20-17/h5-8,15,17,20-21H,4,9-13H2,1-3H3. The van der Waals surface area contributed by atoms with Crippen molar-refractivity contribution in [3.63, 3.8) is 0 Å². The van der Waals surface area contributed by atoms with E-state index >= 15 is 0 Å². The molecule has 2 nitrogen and oxygen atoms in total. The van der Waals surface area contributed by atoms with Crippen LogP contribution in [-0.2, 0) is 6.54 Å². The number of nitrogens with one attached hydrogen (secondary N) is 1. The molecule has 1 saturated carbocycles. The molecule has 116 valence electrons. The van der Waals surface area contributed by atoms with Gasteiger partial charge in [-0.3, -0.25) is 0 Å². The van der Waals surface area contributed by atoms with Crippen LogP contribution in [0.15, 0.2) is 24.3 Å². The Morgan fingerprint density at radius 1 is 1.24 bits per heavy atom. The van der Waals surface area contributed by atoms with E-state index in [1.165, 1.54) is 17.5 Å². The van der Waals surface area contributed by atoms with E-state index in [1.807, 2.05) is 0 Å². The van der Waals surface area contributed by atoms with Crippen LogP contribution in [0.1, 0.15) is 70.0 Å². The van der Waals surface area contributed by atoms with Crippen LogP contribution in [0.4, 0.5) is 0 Å². The van der Waals surface area contributed by atoms with Crippen LogP contribution in [0, 0.1) is 11.3 Å². The van der Waals surface area contributed by atoms with Crippen molar-refractivity contribution in [2.75, 3.05) is 0 Å². The highest BCUT2D eigenvalue weighted by atomic mass is 16.3. The summed E-state index contributed by atoms with van der Waals surface area (Å²) >= 11 is 0. The van der Waals surface area contributed by atoms with Crippen molar-refractivity contribution in [3.8, 4) is 0 Å². The first kappa shape index (κ1) is 15.1. The molecular formula is C19H29NO. The van der Waals surface area contributed by atoms with E-state index < -0.39 is 5.60 Å². The molecule has 1 aliphatic carbocycles. The Bertz CT molecular complexity index is 500. The van der Waals surface area contributed by atoms with Gasteiger partial charge in [0.2, 0.25) is 0 Å². The summed E-state index contributed by atoms with van der Waals surface area (Å²) in [6, 6.07) is 8.67. The van der Waals surface area contributed by atoms with E-state index in [4.69, 9.17) is 0 Å². The predicted octanol–water partition coefficient (Wildman–Crippen LogP) is 4.19. The fourth-order valence-electron chi connectivity index (χ4n) is 4.25. The number of fused-ring (bicyclic) bond motifs is 1. The van der Waals surface area contributed by atoms with Gasteiger partial charge in [-0.1, -0.05) is 51.5 Å². The Kier molecular flexibility index (Phi) is 3.87. The molecule has 1 unspecified atom stereocenters.